The van der Waals surface area contributed by atoms with Crippen LogP contribution in [0.2, 0.25) is 0 Å². The van der Waals surface area contributed by atoms with Crippen LogP contribution in [0.4, 0.5) is 0 Å². The quantitative estimate of drug-likeness (QED) is 0.703. The van der Waals surface area contributed by atoms with Gasteiger partial charge in [0, 0.05) is 64.3 Å². The number of hydrogen-bond acceptors (Lipinski definition) is 4. The van der Waals surface area contributed by atoms with E-state index in [4.69, 9.17) is 0 Å². The van der Waals surface area contributed by atoms with Gasteiger partial charge in [0.25, 0.3) is 5.91 Å². The molecular formula is C25H36N4O3. The molecule has 3 heterocycles. The second-order valence-electron chi connectivity index (χ2n) is 9.93. The molecule has 3 amide bonds. The zero-order valence-corrected chi connectivity index (χ0v) is 19.5. The van der Waals surface area contributed by atoms with Gasteiger partial charge in [-0.15, -0.1) is 0 Å². The van der Waals surface area contributed by atoms with E-state index < -0.39 is 0 Å². The van der Waals surface area contributed by atoms with E-state index in [-0.39, 0.29) is 17.7 Å². The lowest BCUT2D eigenvalue weighted by Gasteiger charge is -2.38. The number of hydrogen-bond donors (Lipinski definition) is 0. The van der Waals surface area contributed by atoms with Crippen LogP contribution in [0.5, 0.6) is 0 Å². The molecule has 3 fully saturated rings. The summed E-state index contributed by atoms with van der Waals surface area (Å²) in [6.07, 6.45) is 2.74. The fourth-order valence-electron chi connectivity index (χ4n) is 5.34. The van der Waals surface area contributed by atoms with Crippen LogP contribution in [0.25, 0.3) is 0 Å². The van der Waals surface area contributed by atoms with E-state index in [1.54, 1.807) is 0 Å². The molecule has 4 rings (SSSR count). The van der Waals surface area contributed by atoms with E-state index in [9.17, 15) is 14.4 Å². The molecule has 0 spiro atoms. The summed E-state index contributed by atoms with van der Waals surface area (Å²) < 4.78 is 0. The number of piperidine rings is 1. The Kier molecular flexibility index (Phi) is 7.13. The molecule has 0 saturated carbocycles. The Hall–Kier alpha value is -2.41. The van der Waals surface area contributed by atoms with E-state index in [1.807, 2.05) is 39.0 Å². The summed E-state index contributed by atoms with van der Waals surface area (Å²) in [5.41, 5.74) is 1.68. The minimum Gasteiger partial charge on any atom is -0.341 e. The number of benzene rings is 1. The van der Waals surface area contributed by atoms with Gasteiger partial charge < -0.3 is 14.7 Å². The van der Waals surface area contributed by atoms with Gasteiger partial charge in [-0.25, -0.2) is 0 Å². The van der Waals surface area contributed by atoms with Gasteiger partial charge in [0.2, 0.25) is 11.8 Å². The molecule has 2 atom stereocenters. The molecule has 0 N–H and O–H groups in total. The summed E-state index contributed by atoms with van der Waals surface area (Å²) in [5.74, 6) is 1.57. The van der Waals surface area contributed by atoms with E-state index in [2.05, 4.69) is 18.7 Å². The van der Waals surface area contributed by atoms with Gasteiger partial charge in [0.15, 0.2) is 0 Å². The Balaban J connectivity index is 1.27. The molecule has 1 aromatic carbocycles. The first-order valence-corrected chi connectivity index (χ1v) is 12.0. The second kappa shape index (κ2) is 10.0. The van der Waals surface area contributed by atoms with Crippen molar-refractivity contribution in [2.45, 2.75) is 39.7 Å². The lowest BCUT2D eigenvalue weighted by molar-refractivity contribution is -0.135. The van der Waals surface area contributed by atoms with Crippen molar-refractivity contribution in [3.63, 3.8) is 0 Å². The van der Waals surface area contributed by atoms with Crippen LogP contribution in [-0.2, 0) is 16.1 Å². The van der Waals surface area contributed by atoms with E-state index in [0.29, 0.717) is 50.0 Å². The number of piperazine rings is 1. The molecule has 0 radical (unpaired) electrons. The maximum Gasteiger partial charge on any atom is 0.253 e. The zero-order valence-electron chi connectivity index (χ0n) is 19.5. The molecule has 0 aromatic heterocycles. The van der Waals surface area contributed by atoms with Crippen LogP contribution in [-0.4, -0.2) is 89.7 Å². The van der Waals surface area contributed by atoms with Crippen LogP contribution < -0.4 is 0 Å². The number of carbonyl (C=O) groups is 3. The largest absolute Gasteiger partial charge is 0.341 e. The van der Waals surface area contributed by atoms with Crippen molar-refractivity contribution in [1.29, 1.82) is 0 Å². The van der Waals surface area contributed by atoms with Crippen LogP contribution >= 0.6 is 0 Å². The monoisotopic (exact) mass is 440 g/mol. The SMILES string of the molecule is C[C@@H]1C[C@@H](C)CN(C(=O)CN2CCN(C(=O)c3cccc(CN4CCCC4=O)c3)CC2)C1. The maximum absolute atomic E-state index is 13.1. The Labute approximate surface area is 191 Å². The van der Waals surface area contributed by atoms with Crippen molar-refractivity contribution in [1.82, 2.24) is 19.6 Å². The van der Waals surface area contributed by atoms with Crippen LogP contribution in [0.15, 0.2) is 24.3 Å². The van der Waals surface area contributed by atoms with Gasteiger partial charge in [-0.3, -0.25) is 19.3 Å². The number of rotatable bonds is 5. The van der Waals surface area contributed by atoms with Crippen molar-refractivity contribution in [2.75, 3.05) is 52.4 Å². The van der Waals surface area contributed by atoms with Crippen LogP contribution in [0.3, 0.4) is 0 Å². The van der Waals surface area contributed by atoms with Crippen molar-refractivity contribution < 1.29 is 14.4 Å². The number of likely N-dealkylation sites (tertiary alicyclic amines) is 2. The highest BCUT2D eigenvalue weighted by atomic mass is 16.2. The molecule has 32 heavy (non-hydrogen) atoms. The van der Waals surface area contributed by atoms with Crippen molar-refractivity contribution >= 4 is 17.7 Å². The third kappa shape index (κ3) is 5.49. The predicted molar refractivity (Wildman–Crippen MR) is 123 cm³/mol. The smallest absolute Gasteiger partial charge is 0.253 e. The fourth-order valence-corrected chi connectivity index (χ4v) is 5.34. The summed E-state index contributed by atoms with van der Waals surface area (Å²) in [5, 5.41) is 0. The van der Waals surface area contributed by atoms with Gasteiger partial charge in [0.1, 0.15) is 0 Å². The normalized spacial score (nSPS) is 24.8. The first-order valence-electron chi connectivity index (χ1n) is 12.0. The molecule has 0 bridgehead atoms. The molecule has 3 aliphatic rings. The number of nitrogens with zero attached hydrogens (tertiary/aromatic N) is 4. The lowest BCUT2D eigenvalue weighted by atomic mass is 9.92. The maximum atomic E-state index is 13.1. The third-order valence-electron chi connectivity index (χ3n) is 6.96. The van der Waals surface area contributed by atoms with Crippen molar-refractivity contribution in [3.8, 4) is 0 Å². The summed E-state index contributed by atoms with van der Waals surface area (Å²) in [6.45, 7) is 10.7. The fraction of sp³-hybridized carbons (Fsp3) is 0.640. The van der Waals surface area contributed by atoms with Crippen LogP contribution in [0.1, 0.15) is 49.0 Å². The van der Waals surface area contributed by atoms with E-state index in [1.165, 1.54) is 6.42 Å². The Morgan fingerprint density at radius 1 is 0.969 bits per heavy atom. The molecule has 0 unspecified atom stereocenters. The van der Waals surface area contributed by atoms with Crippen molar-refractivity contribution in [3.05, 3.63) is 35.4 Å². The second-order valence-corrected chi connectivity index (χ2v) is 9.93. The van der Waals surface area contributed by atoms with Gasteiger partial charge in [-0.1, -0.05) is 26.0 Å². The minimum absolute atomic E-state index is 0.0317. The highest BCUT2D eigenvalue weighted by molar-refractivity contribution is 5.94. The molecule has 7 nitrogen and oxygen atoms in total. The van der Waals surface area contributed by atoms with Gasteiger partial charge in [-0.05, 0) is 42.4 Å². The Bertz CT molecular complexity index is 839. The predicted octanol–water partition coefficient (Wildman–Crippen LogP) is 2.07. The van der Waals surface area contributed by atoms with Crippen LogP contribution in [0, 0.1) is 11.8 Å². The first-order chi connectivity index (χ1) is 15.4. The standard InChI is InChI=1S/C25H36N4O3/c1-19-13-20(2)16-29(15-19)24(31)18-26-9-11-27(12-10-26)25(32)22-6-3-5-21(14-22)17-28-8-4-7-23(28)30/h3,5-6,14,19-20H,4,7-13,15-18H2,1-2H3/t19-,20-/m1/s1. The molecular weight excluding hydrogens is 404 g/mol. The Morgan fingerprint density at radius 3 is 2.34 bits per heavy atom. The average Bonchev–Trinajstić information content (AvgIpc) is 3.17. The highest BCUT2D eigenvalue weighted by Crippen LogP contribution is 2.21. The van der Waals surface area contributed by atoms with E-state index >= 15 is 0 Å². The third-order valence-corrected chi connectivity index (χ3v) is 6.96. The summed E-state index contributed by atoms with van der Waals surface area (Å²) in [4.78, 5) is 45.7. The summed E-state index contributed by atoms with van der Waals surface area (Å²) in [7, 11) is 0. The summed E-state index contributed by atoms with van der Waals surface area (Å²) in [6, 6.07) is 7.65. The van der Waals surface area contributed by atoms with E-state index in [0.717, 1.165) is 44.7 Å². The molecule has 7 heteroatoms. The highest BCUT2D eigenvalue weighted by Gasteiger charge is 2.28. The minimum atomic E-state index is 0.0317. The molecule has 0 aliphatic carbocycles. The zero-order chi connectivity index (χ0) is 22.7. The average molecular weight is 441 g/mol. The van der Waals surface area contributed by atoms with Crippen molar-refractivity contribution in [2.24, 2.45) is 11.8 Å². The number of amides is 3. The van der Waals surface area contributed by atoms with Gasteiger partial charge >= 0.3 is 0 Å². The summed E-state index contributed by atoms with van der Waals surface area (Å²) >= 11 is 0. The first kappa shape index (κ1) is 22.8. The van der Waals surface area contributed by atoms with Gasteiger partial charge in [0.05, 0.1) is 6.54 Å². The molecule has 3 aliphatic heterocycles. The molecule has 1 aromatic rings. The van der Waals surface area contributed by atoms with Gasteiger partial charge in [-0.2, -0.15) is 0 Å². The molecule has 174 valence electrons. The molecule has 3 saturated heterocycles. The topological polar surface area (TPSA) is 64.2 Å². The lowest BCUT2D eigenvalue weighted by Crippen LogP contribution is -2.53. The Morgan fingerprint density at radius 2 is 1.69 bits per heavy atom. The number of carbonyl (C=O) groups excluding carboxylic acids is 3.